The fraction of sp³-hybridized carbons (Fsp3) is 0.733. The Morgan fingerprint density at radius 2 is 1.62 bits per heavy atom. The van der Waals surface area contributed by atoms with Crippen LogP contribution in [-0.4, -0.2) is 60.1 Å². The molecule has 3 atom stereocenters. The van der Waals surface area contributed by atoms with Gasteiger partial charge in [-0.1, -0.05) is 0 Å². The maximum Gasteiger partial charge on any atom is 0.326 e. The van der Waals surface area contributed by atoms with Crippen LogP contribution < -0.4 is 33.2 Å². The van der Waals surface area contributed by atoms with Crippen molar-refractivity contribution in [3.63, 3.8) is 0 Å². The molecule has 0 aliphatic rings. The minimum absolute atomic E-state index is 0.198. The summed E-state index contributed by atoms with van der Waals surface area (Å²) in [4.78, 5) is 35.6. The Labute approximate surface area is 152 Å². The molecular formula is C15H31N7O4. The minimum atomic E-state index is -1.15. The molecule has 0 aliphatic heterocycles. The second-order valence-corrected chi connectivity index (χ2v) is 6.02. The molecule has 2 amide bonds. The van der Waals surface area contributed by atoms with Gasteiger partial charge in [-0.15, -0.1) is 0 Å². The predicted molar refractivity (Wildman–Crippen MR) is 97.2 cm³/mol. The van der Waals surface area contributed by atoms with E-state index in [-0.39, 0.29) is 18.8 Å². The van der Waals surface area contributed by atoms with Gasteiger partial charge in [0.1, 0.15) is 12.1 Å². The first kappa shape index (κ1) is 23.6. The number of nitrogens with one attached hydrogen (secondary N) is 4. The van der Waals surface area contributed by atoms with Gasteiger partial charge in [-0.2, -0.15) is 0 Å². The lowest BCUT2D eigenvalue weighted by Crippen LogP contribution is -2.54. The van der Waals surface area contributed by atoms with Crippen molar-refractivity contribution in [2.75, 3.05) is 13.1 Å². The summed E-state index contributed by atoms with van der Waals surface area (Å²) < 4.78 is 0. The highest BCUT2D eigenvalue weighted by atomic mass is 16.4. The zero-order valence-electron chi connectivity index (χ0n) is 15.1. The molecule has 11 heteroatoms. The van der Waals surface area contributed by atoms with Crippen molar-refractivity contribution in [1.82, 2.24) is 16.0 Å². The number of amides is 2. The van der Waals surface area contributed by atoms with Crippen LogP contribution in [0.5, 0.6) is 0 Å². The lowest BCUT2D eigenvalue weighted by Gasteiger charge is -2.22. The van der Waals surface area contributed by atoms with Crippen LogP contribution in [0.25, 0.3) is 0 Å². The minimum Gasteiger partial charge on any atom is -0.480 e. The van der Waals surface area contributed by atoms with Gasteiger partial charge in [-0.25, -0.2) is 4.79 Å². The van der Waals surface area contributed by atoms with Crippen LogP contribution in [-0.2, 0) is 14.4 Å². The number of carbonyl (C=O) groups is 3. The third-order valence-corrected chi connectivity index (χ3v) is 3.59. The Hall–Kier alpha value is -2.40. The second-order valence-electron chi connectivity index (χ2n) is 6.02. The van der Waals surface area contributed by atoms with Crippen molar-refractivity contribution in [1.29, 1.82) is 5.41 Å². The predicted octanol–water partition coefficient (Wildman–Crippen LogP) is -2.22. The monoisotopic (exact) mass is 373 g/mol. The number of nitrogens with two attached hydrogens (primary N) is 3. The van der Waals surface area contributed by atoms with Gasteiger partial charge in [-0.3, -0.25) is 15.0 Å². The Balaban J connectivity index is 4.83. The number of hydrogen-bond acceptors (Lipinski definition) is 6. The molecule has 3 unspecified atom stereocenters. The summed E-state index contributed by atoms with van der Waals surface area (Å²) in [5, 5.41) is 23.9. The third-order valence-electron chi connectivity index (χ3n) is 3.59. The average Bonchev–Trinajstić information content (AvgIpc) is 2.55. The molecule has 0 aromatic heterocycles. The quantitative estimate of drug-likeness (QED) is 0.100. The van der Waals surface area contributed by atoms with E-state index in [0.717, 1.165) is 0 Å². The SMILES string of the molecule is CC(N)C(=O)NC(CCCNC(=N)N)C(=O)NC(CCCCN)C(=O)O. The molecule has 11 N–H and O–H groups in total. The molecule has 0 saturated carbocycles. The van der Waals surface area contributed by atoms with Crippen LogP contribution >= 0.6 is 0 Å². The highest BCUT2D eigenvalue weighted by Gasteiger charge is 2.26. The van der Waals surface area contributed by atoms with E-state index in [1.165, 1.54) is 6.92 Å². The highest BCUT2D eigenvalue weighted by molar-refractivity contribution is 5.91. The standard InChI is InChI=1S/C15H31N7O4/c1-9(17)12(23)21-10(6-4-8-20-15(18)19)13(24)22-11(14(25)26)5-2-3-7-16/h9-11H,2-8,16-17H2,1H3,(H,21,23)(H,22,24)(H,25,26)(H4,18,19,20). The maximum absolute atomic E-state index is 12.4. The first-order chi connectivity index (χ1) is 12.2. The van der Waals surface area contributed by atoms with Crippen molar-refractivity contribution >= 4 is 23.7 Å². The van der Waals surface area contributed by atoms with Crippen LogP contribution in [0, 0.1) is 5.41 Å². The van der Waals surface area contributed by atoms with E-state index in [2.05, 4.69) is 16.0 Å². The van der Waals surface area contributed by atoms with E-state index in [1.54, 1.807) is 0 Å². The van der Waals surface area contributed by atoms with Gasteiger partial charge in [0.25, 0.3) is 0 Å². The molecule has 0 aromatic rings. The number of carbonyl (C=O) groups excluding carboxylic acids is 2. The number of hydrogen-bond donors (Lipinski definition) is 8. The summed E-state index contributed by atoms with van der Waals surface area (Å²) in [5.41, 5.74) is 16.1. The number of unbranched alkanes of at least 4 members (excludes halogenated alkanes) is 1. The molecule has 0 spiro atoms. The summed E-state index contributed by atoms with van der Waals surface area (Å²) in [6, 6.07) is -2.79. The van der Waals surface area contributed by atoms with E-state index in [9.17, 15) is 19.5 Å². The topological polar surface area (TPSA) is 209 Å². The average molecular weight is 373 g/mol. The fourth-order valence-electron chi connectivity index (χ4n) is 2.12. The third kappa shape index (κ3) is 10.5. The Kier molecular flexibility index (Phi) is 11.7. The number of carboxylic acids is 1. The summed E-state index contributed by atoms with van der Waals surface area (Å²) in [6.45, 7) is 2.26. The Bertz CT molecular complexity index is 485. The normalized spacial score (nSPS) is 14.0. The van der Waals surface area contributed by atoms with Gasteiger partial charge in [0, 0.05) is 6.54 Å². The first-order valence-electron chi connectivity index (χ1n) is 8.56. The largest absolute Gasteiger partial charge is 0.480 e. The molecule has 0 heterocycles. The molecule has 0 saturated heterocycles. The molecule has 0 fully saturated rings. The highest BCUT2D eigenvalue weighted by Crippen LogP contribution is 2.04. The van der Waals surface area contributed by atoms with Gasteiger partial charge in [0.15, 0.2) is 5.96 Å². The van der Waals surface area contributed by atoms with Crippen molar-refractivity contribution in [3.8, 4) is 0 Å². The lowest BCUT2D eigenvalue weighted by atomic mass is 10.1. The molecule has 26 heavy (non-hydrogen) atoms. The van der Waals surface area contributed by atoms with E-state index < -0.39 is 35.9 Å². The molecular weight excluding hydrogens is 342 g/mol. The number of carboxylic acid groups (broad SMARTS) is 1. The zero-order chi connectivity index (χ0) is 20.1. The first-order valence-corrected chi connectivity index (χ1v) is 8.56. The molecule has 0 bridgehead atoms. The lowest BCUT2D eigenvalue weighted by molar-refractivity contribution is -0.142. The Morgan fingerprint density at radius 1 is 1.04 bits per heavy atom. The van der Waals surface area contributed by atoms with Crippen LogP contribution in [0.1, 0.15) is 39.0 Å². The van der Waals surface area contributed by atoms with Crippen LogP contribution in [0.2, 0.25) is 0 Å². The summed E-state index contributed by atoms with van der Waals surface area (Å²) in [5.74, 6) is -2.45. The second kappa shape index (κ2) is 12.9. The number of guanidine groups is 1. The summed E-state index contributed by atoms with van der Waals surface area (Å²) in [7, 11) is 0. The molecule has 11 nitrogen and oxygen atoms in total. The zero-order valence-corrected chi connectivity index (χ0v) is 15.1. The van der Waals surface area contributed by atoms with E-state index in [0.29, 0.717) is 32.4 Å². The van der Waals surface area contributed by atoms with Gasteiger partial charge < -0.3 is 38.3 Å². The van der Waals surface area contributed by atoms with E-state index >= 15 is 0 Å². The van der Waals surface area contributed by atoms with Crippen LogP contribution in [0.3, 0.4) is 0 Å². The maximum atomic E-state index is 12.4. The van der Waals surface area contributed by atoms with Gasteiger partial charge >= 0.3 is 5.97 Å². The number of aliphatic carboxylic acids is 1. The van der Waals surface area contributed by atoms with Gasteiger partial charge in [0.2, 0.25) is 11.8 Å². The smallest absolute Gasteiger partial charge is 0.326 e. The molecule has 0 aromatic carbocycles. The Morgan fingerprint density at radius 3 is 2.12 bits per heavy atom. The molecule has 0 rings (SSSR count). The van der Waals surface area contributed by atoms with E-state index in [1.807, 2.05) is 0 Å². The van der Waals surface area contributed by atoms with Crippen molar-refractivity contribution in [2.24, 2.45) is 17.2 Å². The van der Waals surface area contributed by atoms with Crippen LogP contribution in [0.15, 0.2) is 0 Å². The summed E-state index contributed by atoms with van der Waals surface area (Å²) in [6.07, 6.45) is 2.13. The van der Waals surface area contributed by atoms with Crippen molar-refractivity contribution in [3.05, 3.63) is 0 Å². The van der Waals surface area contributed by atoms with Crippen LogP contribution in [0.4, 0.5) is 0 Å². The fourth-order valence-corrected chi connectivity index (χ4v) is 2.12. The number of rotatable bonds is 13. The summed E-state index contributed by atoms with van der Waals surface area (Å²) >= 11 is 0. The van der Waals surface area contributed by atoms with E-state index in [4.69, 9.17) is 22.6 Å². The molecule has 0 radical (unpaired) electrons. The van der Waals surface area contributed by atoms with Gasteiger partial charge in [0.05, 0.1) is 6.04 Å². The van der Waals surface area contributed by atoms with Gasteiger partial charge in [-0.05, 0) is 45.6 Å². The van der Waals surface area contributed by atoms with Crippen molar-refractivity contribution < 1.29 is 19.5 Å². The molecule has 150 valence electrons. The van der Waals surface area contributed by atoms with Crippen molar-refractivity contribution in [2.45, 2.75) is 57.2 Å². The molecule has 0 aliphatic carbocycles.